The molecule has 0 amide bonds. The number of halogens is 1. The molecule has 11 heteroatoms. The van der Waals surface area contributed by atoms with Crippen LogP contribution in [-0.2, 0) is 17.7 Å². The second-order valence-corrected chi connectivity index (χ2v) is 8.70. The van der Waals surface area contributed by atoms with Gasteiger partial charge in [0.25, 0.3) is 0 Å². The molecule has 1 aliphatic rings. The molecule has 2 N–H and O–H groups in total. The van der Waals surface area contributed by atoms with E-state index < -0.39 is 18.7 Å². The first-order valence-corrected chi connectivity index (χ1v) is 11.1. The number of ether oxygens (including phenoxy) is 2. The van der Waals surface area contributed by atoms with Crippen molar-refractivity contribution >= 4 is 34.8 Å². The van der Waals surface area contributed by atoms with Gasteiger partial charge in [-0.2, -0.15) is 0 Å². The fraction of sp³-hybridized carbons (Fsp3) is 0.200. The van der Waals surface area contributed by atoms with Gasteiger partial charge in [0, 0.05) is 11.9 Å². The van der Waals surface area contributed by atoms with Crippen LogP contribution < -0.4 is 20.5 Å². The molecular weight excluding hydrogens is 428 g/mol. The molecule has 160 valence electrons. The monoisotopic (exact) mass is 445 g/mol. The van der Waals surface area contributed by atoms with E-state index in [1.54, 1.807) is 22.9 Å². The van der Waals surface area contributed by atoms with E-state index in [2.05, 4.69) is 4.98 Å². The molecule has 0 radical (unpaired) electrons. The van der Waals surface area contributed by atoms with Crippen LogP contribution in [0.5, 0.6) is 11.5 Å². The normalized spacial score (nSPS) is 13.4. The summed E-state index contributed by atoms with van der Waals surface area (Å²) >= 11 is 0. The van der Waals surface area contributed by atoms with Crippen LogP contribution in [0.3, 0.4) is 0 Å². The number of pyridine rings is 1. The van der Waals surface area contributed by atoms with E-state index in [4.69, 9.17) is 9.47 Å². The van der Waals surface area contributed by atoms with E-state index in [1.165, 1.54) is 10.6 Å². The van der Waals surface area contributed by atoms with Crippen LogP contribution in [0.15, 0.2) is 41.3 Å². The molecule has 31 heavy (non-hydrogen) atoms. The quantitative estimate of drug-likeness (QED) is 0.462. The highest BCUT2D eigenvalue weighted by molar-refractivity contribution is 7.60. The van der Waals surface area contributed by atoms with Gasteiger partial charge >= 0.3 is 13.3 Å². The molecule has 4 aromatic rings. The largest absolute Gasteiger partial charge is 0.454 e. The second kappa shape index (κ2) is 6.91. The van der Waals surface area contributed by atoms with E-state index in [1.807, 2.05) is 6.92 Å². The minimum Gasteiger partial charge on any atom is -0.454 e. The number of hydrogen-bond acceptors (Lipinski definition) is 5. The highest BCUT2D eigenvalue weighted by Gasteiger charge is 2.24. The molecule has 0 saturated heterocycles. The molecule has 2 aromatic heterocycles. The number of aromatic nitrogens is 3. The number of aryl methyl sites for hydroxylation is 1. The second-order valence-electron chi connectivity index (χ2n) is 7.13. The summed E-state index contributed by atoms with van der Waals surface area (Å²) in [6.45, 7) is 2.34. The van der Waals surface area contributed by atoms with Crippen LogP contribution in [0.1, 0.15) is 12.5 Å². The van der Waals surface area contributed by atoms with Crippen molar-refractivity contribution in [3.8, 4) is 11.5 Å². The van der Waals surface area contributed by atoms with Crippen molar-refractivity contribution in [2.45, 2.75) is 20.0 Å². The molecule has 2 aromatic carbocycles. The van der Waals surface area contributed by atoms with E-state index >= 15 is 0 Å². The molecule has 9 nitrogen and oxygen atoms in total. The van der Waals surface area contributed by atoms with Crippen molar-refractivity contribution in [2.24, 2.45) is 0 Å². The first-order chi connectivity index (χ1) is 14.8. The van der Waals surface area contributed by atoms with Crippen LogP contribution in [0.4, 0.5) is 4.39 Å². The molecule has 0 bridgehead atoms. The number of hydrogen-bond donors (Lipinski definition) is 2. The molecule has 0 spiro atoms. The Bertz CT molecular complexity index is 1470. The summed E-state index contributed by atoms with van der Waals surface area (Å²) in [5, 5.41) is 0.000282. The predicted molar refractivity (Wildman–Crippen MR) is 110 cm³/mol. The Labute approximate surface area is 174 Å². The van der Waals surface area contributed by atoms with Gasteiger partial charge in [-0.15, -0.1) is 0 Å². The van der Waals surface area contributed by atoms with Gasteiger partial charge in [0.1, 0.15) is 11.3 Å². The van der Waals surface area contributed by atoms with Gasteiger partial charge in [0.2, 0.25) is 6.79 Å². The zero-order valence-corrected chi connectivity index (χ0v) is 17.2. The molecule has 0 aliphatic carbocycles. The summed E-state index contributed by atoms with van der Waals surface area (Å²) in [5.74, 6) is 0.0472. The van der Waals surface area contributed by atoms with E-state index in [0.29, 0.717) is 45.5 Å². The number of benzene rings is 2. The summed E-state index contributed by atoms with van der Waals surface area (Å²) in [6, 6.07) is 7.03. The first kappa shape index (κ1) is 19.7. The molecule has 3 heterocycles. The van der Waals surface area contributed by atoms with E-state index in [-0.39, 0.29) is 19.0 Å². The minimum absolute atomic E-state index is 0.00818. The lowest BCUT2D eigenvalue weighted by molar-refractivity contribution is 0.174. The predicted octanol–water partition coefficient (Wildman–Crippen LogP) is 2.09. The molecule has 1 aliphatic heterocycles. The number of fused-ring (bicyclic) bond motifs is 5. The van der Waals surface area contributed by atoms with E-state index in [9.17, 15) is 23.5 Å². The third-order valence-corrected chi connectivity index (χ3v) is 6.32. The van der Waals surface area contributed by atoms with E-state index in [0.717, 1.165) is 12.1 Å². The van der Waals surface area contributed by atoms with Crippen LogP contribution in [0.25, 0.3) is 21.9 Å². The first-order valence-electron chi connectivity index (χ1n) is 9.44. The standard InChI is InChI=1S/C20H17FN3O6P/c1-2-23-14-8-22-17-12(4-5-15-19(17)30-10-29-15)18(14)24(20(23)25)9-11-3-6-16(13(21)7-11)31(26,27)28/h3-8H,2,9-10H2,1H3,(H2,26,27,28). The third-order valence-electron chi connectivity index (χ3n) is 5.33. The van der Waals surface area contributed by atoms with Crippen LogP contribution in [-0.4, -0.2) is 30.7 Å². The van der Waals surface area contributed by atoms with Gasteiger partial charge in [-0.25, -0.2) is 14.2 Å². The van der Waals surface area contributed by atoms with Crippen molar-refractivity contribution in [3.63, 3.8) is 0 Å². The number of rotatable bonds is 4. The van der Waals surface area contributed by atoms with Crippen molar-refractivity contribution in [1.82, 2.24) is 14.1 Å². The summed E-state index contributed by atoms with van der Waals surface area (Å²) < 4.78 is 39.7. The topological polar surface area (TPSA) is 116 Å². The van der Waals surface area contributed by atoms with Crippen molar-refractivity contribution in [2.75, 3.05) is 6.79 Å². The van der Waals surface area contributed by atoms with Crippen LogP contribution in [0, 0.1) is 5.82 Å². The van der Waals surface area contributed by atoms with Crippen LogP contribution >= 0.6 is 7.60 Å². The van der Waals surface area contributed by atoms with Gasteiger partial charge in [0.05, 0.1) is 29.1 Å². The average Bonchev–Trinajstić information content (AvgIpc) is 3.30. The highest BCUT2D eigenvalue weighted by atomic mass is 31.2. The molecule has 0 saturated carbocycles. The molecular formula is C20H17FN3O6P. The Morgan fingerprint density at radius 1 is 1.19 bits per heavy atom. The maximum absolute atomic E-state index is 14.3. The fourth-order valence-corrected chi connectivity index (χ4v) is 4.56. The van der Waals surface area contributed by atoms with Crippen molar-refractivity contribution in [1.29, 1.82) is 0 Å². The maximum Gasteiger partial charge on any atom is 0.359 e. The Morgan fingerprint density at radius 2 is 2.00 bits per heavy atom. The van der Waals surface area contributed by atoms with Gasteiger partial charge < -0.3 is 19.3 Å². The Morgan fingerprint density at radius 3 is 2.71 bits per heavy atom. The smallest absolute Gasteiger partial charge is 0.359 e. The lowest BCUT2D eigenvalue weighted by Gasteiger charge is -2.10. The SMILES string of the molecule is CCn1c(=O)n(Cc2ccc(P(=O)(O)O)c(F)c2)c2c3ccc4c(c3ncc21)OCO4. The third kappa shape index (κ3) is 3.03. The van der Waals surface area contributed by atoms with Gasteiger partial charge in [-0.05, 0) is 36.8 Å². The summed E-state index contributed by atoms with van der Waals surface area (Å²) in [5.41, 5.74) is 1.86. The number of nitrogens with zero attached hydrogens (tertiary/aromatic N) is 3. The lowest BCUT2D eigenvalue weighted by atomic mass is 10.1. The van der Waals surface area contributed by atoms with Gasteiger partial charge in [-0.1, -0.05) is 6.07 Å². The molecule has 0 atom stereocenters. The lowest BCUT2D eigenvalue weighted by Crippen LogP contribution is -2.24. The molecule has 0 fully saturated rings. The molecule has 5 rings (SSSR count). The Balaban J connectivity index is 1.73. The molecule has 0 unspecified atom stereocenters. The van der Waals surface area contributed by atoms with Gasteiger partial charge in [0.15, 0.2) is 11.5 Å². The summed E-state index contributed by atoms with van der Waals surface area (Å²) in [4.78, 5) is 36.1. The summed E-state index contributed by atoms with van der Waals surface area (Å²) in [7, 11) is -4.73. The Kier molecular flexibility index (Phi) is 4.40. The van der Waals surface area contributed by atoms with Gasteiger partial charge in [-0.3, -0.25) is 13.7 Å². The highest BCUT2D eigenvalue weighted by Crippen LogP contribution is 2.40. The van der Waals surface area contributed by atoms with Crippen molar-refractivity contribution in [3.05, 3.63) is 58.4 Å². The van der Waals surface area contributed by atoms with Crippen LogP contribution in [0.2, 0.25) is 0 Å². The van der Waals surface area contributed by atoms with Crippen molar-refractivity contribution < 1.29 is 28.2 Å². The fourth-order valence-electron chi connectivity index (χ4n) is 3.95. The number of imidazole rings is 1. The average molecular weight is 445 g/mol. The zero-order valence-electron chi connectivity index (χ0n) is 16.3. The maximum atomic E-state index is 14.3. The Hall–Kier alpha value is -3.20. The minimum atomic E-state index is -4.73. The zero-order chi connectivity index (χ0) is 21.9. The summed E-state index contributed by atoms with van der Waals surface area (Å²) in [6.07, 6.45) is 1.60.